The van der Waals surface area contributed by atoms with Crippen LogP contribution in [0.1, 0.15) is 34.1 Å². The van der Waals surface area contributed by atoms with Crippen LogP contribution in [0.3, 0.4) is 0 Å². The van der Waals surface area contributed by atoms with Crippen LogP contribution in [0.2, 0.25) is 0 Å². The minimum Gasteiger partial charge on any atom is -0.354 e. The molecule has 0 unspecified atom stereocenters. The summed E-state index contributed by atoms with van der Waals surface area (Å²) in [6.45, 7) is -0.0223. The van der Waals surface area contributed by atoms with E-state index in [-0.39, 0.29) is 29.1 Å². The van der Waals surface area contributed by atoms with Crippen LogP contribution in [0.15, 0.2) is 41.4 Å². The monoisotopic (exact) mass is 371 g/mol. The van der Waals surface area contributed by atoms with Gasteiger partial charge in [-0.15, -0.1) is 6.42 Å². The lowest BCUT2D eigenvalue weighted by molar-refractivity contribution is 0.0955. The molecule has 136 valence electrons. The van der Waals surface area contributed by atoms with Crippen LogP contribution in [0.25, 0.3) is 0 Å². The maximum Gasteiger partial charge on any atom is 0.267 e. The maximum atomic E-state index is 13.3. The standard InChI is InChI=1S/C19H21N3O3S/c1-4-11-22(17-10-9-14-7-5-6-8-16(14)17)26(24,25)15-12-18(19(23)20-2)21(3)13-15/h1,5-8,12-13,17H,9-11H2,2-3H3,(H,20,23)/t17-/m1/s1. The van der Waals surface area contributed by atoms with Crippen molar-refractivity contribution in [3.8, 4) is 12.3 Å². The van der Waals surface area contributed by atoms with E-state index in [9.17, 15) is 13.2 Å². The lowest BCUT2D eigenvalue weighted by Crippen LogP contribution is -2.34. The topological polar surface area (TPSA) is 71.4 Å². The van der Waals surface area contributed by atoms with Crippen molar-refractivity contribution in [1.29, 1.82) is 0 Å². The number of fused-ring (bicyclic) bond motifs is 1. The Kier molecular flexibility index (Phi) is 4.90. The molecule has 0 saturated heterocycles. The van der Waals surface area contributed by atoms with Crippen molar-refractivity contribution >= 4 is 15.9 Å². The van der Waals surface area contributed by atoms with Crippen LogP contribution in [0.5, 0.6) is 0 Å². The van der Waals surface area contributed by atoms with Crippen LogP contribution < -0.4 is 5.32 Å². The normalized spacial score (nSPS) is 16.3. The Morgan fingerprint density at radius 3 is 2.85 bits per heavy atom. The van der Waals surface area contributed by atoms with Crippen molar-refractivity contribution < 1.29 is 13.2 Å². The molecule has 2 aromatic rings. The van der Waals surface area contributed by atoms with Gasteiger partial charge in [0.05, 0.1) is 12.6 Å². The average molecular weight is 371 g/mol. The van der Waals surface area contributed by atoms with E-state index in [0.717, 1.165) is 17.5 Å². The van der Waals surface area contributed by atoms with Gasteiger partial charge < -0.3 is 9.88 Å². The highest BCUT2D eigenvalue weighted by molar-refractivity contribution is 7.89. The number of aryl methyl sites for hydroxylation is 2. The van der Waals surface area contributed by atoms with Crippen LogP contribution in [0, 0.1) is 12.3 Å². The molecule has 1 amide bonds. The summed E-state index contributed by atoms with van der Waals surface area (Å²) in [5, 5.41) is 2.51. The van der Waals surface area contributed by atoms with Crippen LogP contribution in [-0.2, 0) is 23.5 Å². The highest BCUT2D eigenvalue weighted by Crippen LogP contribution is 2.38. The molecule has 1 aromatic heterocycles. The molecule has 6 nitrogen and oxygen atoms in total. The molecule has 7 heteroatoms. The highest BCUT2D eigenvalue weighted by atomic mass is 32.2. The number of carbonyl (C=O) groups is 1. The molecular formula is C19H21N3O3S. The third-order valence-electron chi connectivity index (χ3n) is 4.74. The number of hydrogen-bond acceptors (Lipinski definition) is 3. The zero-order chi connectivity index (χ0) is 18.9. The second kappa shape index (κ2) is 6.98. The van der Waals surface area contributed by atoms with Crippen molar-refractivity contribution in [2.24, 2.45) is 7.05 Å². The largest absolute Gasteiger partial charge is 0.354 e. The second-order valence-corrected chi connectivity index (χ2v) is 8.15. The van der Waals surface area contributed by atoms with Gasteiger partial charge in [0.2, 0.25) is 10.0 Å². The van der Waals surface area contributed by atoms with E-state index < -0.39 is 10.0 Å². The SMILES string of the molecule is C#CCN([C@@H]1CCc2ccccc21)S(=O)(=O)c1cc(C(=O)NC)n(C)c1. The summed E-state index contributed by atoms with van der Waals surface area (Å²) in [6.07, 6.45) is 8.42. The van der Waals surface area contributed by atoms with E-state index in [1.807, 2.05) is 24.3 Å². The number of amides is 1. The Morgan fingerprint density at radius 2 is 2.15 bits per heavy atom. The lowest BCUT2D eigenvalue weighted by Gasteiger charge is -2.26. The summed E-state index contributed by atoms with van der Waals surface area (Å²) in [6, 6.07) is 8.92. The first-order valence-corrected chi connectivity index (χ1v) is 9.75. The second-order valence-electron chi connectivity index (χ2n) is 6.26. The number of carbonyl (C=O) groups excluding carboxylic acids is 1. The molecule has 1 heterocycles. The predicted octanol–water partition coefficient (Wildman–Crippen LogP) is 1.70. The number of sulfonamides is 1. The van der Waals surface area contributed by atoms with Crippen molar-refractivity contribution in [1.82, 2.24) is 14.2 Å². The van der Waals surface area contributed by atoms with Crippen molar-refractivity contribution in [3.63, 3.8) is 0 Å². The van der Waals surface area contributed by atoms with Crippen molar-refractivity contribution in [2.75, 3.05) is 13.6 Å². The Balaban J connectivity index is 2.03. The molecule has 0 spiro atoms. The van der Waals surface area contributed by atoms with Gasteiger partial charge in [-0.1, -0.05) is 30.2 Å². The highest BCUT2D eigenvalue weighted by Gasteiger charge is 2.36. The number of nitrogens with one attached hydrogen (secondary N) is 1. The summed E-state index contributed by atoms with van der Waals surface area (Å²) >= 11 is 0. The van der Waals surface area contributed by atoms with Gasteiger partial charge >= 0.3 is 0 Å². The zero-order valence-electron chi connectivity index (χ0n) is 14.8. The number of nitrogens with zero attached hydrogens (tertiary/aromatic N) is 2. The molecule has 0 aliphatic heterocycles. The van der Waals surface area contributed by atoms with Gasteiger partial charge in [-0.2, -0.15) is 4.31 Å². The smallest absolute Gasteiger partial charge is 0.267 e. The third-order valence-corrected chi connectivity index (χ3v) is 6.56. The molecule has 3 rings (SSSR count). The first-order chi connectivity index (χ1) is 12.4. The number of terminal acetylenes is 1. The molecule has 0 bridgehead atoms. The van der Waals surface area contributed by atoms with Crippen molar-refractivity contribution in [3.05, 3.63) is 53.3 Å². The quantitative estimate of drug-likeness (QED) is 0.813. The summed E-state index contributed by atoms with van der Waals surface area (Å²) < 4.78 is 29.4. The molecule has 0 fully saturated rings. The van der Waals surface area contributed by atoms with Crippen molar-refractivity contribution in [2.45, 2.75) is 23.8 Å². The Morgan fingerprint density at radius 1 is 1.42 bits per heavy atom. The number of aromatic nitrogens is 1. The van der Waals surface area contributed by atoms with Gasteiger partial charge in [0.1, 0.15) is 10.6 Å². The van der Waals surface area contributed by atoms with Gasteiger partial charge in [0.25, 0.3) is 5.91 Å². The maximum absolute atomic E-state index is 13.3. The van der Waals surface area contributed by atoms with E-state index in [1.165, 1.54) is 28.2 Å². The number of hydrogen-bond donors (Lipinski definition) is 1. The van der Waals surface area contributed by atoms with Gasteiger partial charge in [-0.05, 0) is 30.0 Å². The fourth-order valence-electron chi connectivity index (χ4n) is 3.45. The average Bonchev–Trinajstić information content (AvgIpc) is 3.23. The van der Waals surface area contributed by atoms with E-state index in [0.29, 0.717) is 6.42 Å². The predicted molar refractivity (Wildman–Crippen MR) is 99.0 cm³/mol. The van der Waals surface area contributed by atoms with Gasteiger partial charge in [0, 0.05) is 20.3 Å². The van der Waals surface area contributed by atoms with Crippen LogP contribution in [0.4, 0.5) is 0 Å². The minimum atomic E-state index is -3.84. The molecule has 1 atom stereocenters. The van der Waals surface area contributed by atoms with Crippen LogP contribution >= 0.6 is 0 Å². The van der Waals surface area contributed by atoms with E-state index >= 15 is 0 Å². The molecular weight excluding hydrogens is 350 g/mol. The van der Waals surface area contributed by atoms with Gasteiger partial charge in [0.15, 0.2) is 0 Å². The molecule has 1 aliphatic carbocycles. The molecule has 0 saturated carbocycles. The summed E-state index contributed by atoms with van der Waals surface area (Å²) in [7, 11) is -0.700. The Bertz CT molecular complexity index is 986. The summed E-state index contributed by atoms with van der Waals surface area (Å²) in [5.74, 6) is 2.12. The number of rotatable bonds is 5. The number of benzene rings is 1. The first-order valence-electron chi connectivity index (χ1n) is 8.31. The summed E-state index contributed by atoms with van der Waals surface area (Å²) in [4.78, 5) is 12.0. The summed E-state index contributed by atoms with van der Waals surface area (Å²) in [5.41, 5.74) is 2.42. The minimum absolute atomic E-state index is 0.0223. The van der Waals surface area contributed by atoms with E-state index in [4.69, 9.17) is 6.42 Å². The third kappa shape index (κ3) is 3.02. The lowest BCUT2D eigenvalue weighted by atomic mass is 10.1. The van der Waals surface area contributed by atoms with Gasteiger partial charge in [-0.3, -0.25) is 4.79 Å². The molecule has 1 aromatic carbocycles. The Hall–Kier alpha value is -2.56. The molecule has 26 heavy (non-hydrogen) atoms. The first kappa shape index (κ1) is 18.2. The molecule has 1 N–H and O–H groups in total. The molecule has 0 radical (unpaired) electrons. The fraction of sp³-hybridized carbons (Fsp3) is 0.316. The van der Waals surface area contributed by atoms with Gasteiger partial charge in [-0.25, -0.2) is 8.42 Å². The molecule has 1 aliphatic rings. The van der Waals surface area contributed by atoms with E-state index in [1.54, 1.807) is 7.05 Å². The Labute approximate surface area is 153 Å². The zero-order valence-corrected chi connectivity index (χ0v) is 15.6. The fourth-order valence-corrected chi connectivity index (χ4v) is 5.07. The van der Waals surface area contributed by atoms with Crippen LogP contribution in [-0.4, -0.2) is 36.8 Å². The van der Waals surface area contributed by atoms with E-state index in [2.05, 4.69) is 11.2 Å².